The van der Waals surface area contributed by atoms with Crippen LogP contribution in [0.1, 0.15) is 182 Å². The topological polar surface area (TPSA) is 383 Å². The number of rotatable bonds is 32. The van der Waals surface area contributed by atoms with Crippen LogP contribution in [-0.2, 0) is 62.3 Å². The van der Waals surface area contributed by atoms with Gasteiger partial charge >= 0.3 is 5.97 Å². The number of nitrogens with two attached hydrogens (primary N) is 1. The maximum Gasteiger partial charge on any atom is 0.326 e. The molecular weight excluding hydrogens is 1090 g/mol. The van der Waals surface area contributed by atoms with Crippen molar-refractivity contribution in [3.63, 3.8) is 0 Å². The average Bonchev–Trinajstić information content (AvgIpc) is 4.28. The van der Waals surface area contributed by atoms with Crippen molar-refractivity contribution in [1.29, 1.82) is 0 Å². The van der Waals surface area contributed by atoms with Crippen molar-refractivity contribution in [3.8, 4) is 0 Å². The lowest BCUT2D eigenvalue weighted by Crippen LogP contribution is -2.65. The van der Waals surface area contributed by atoms with Crippen LogP contribution < -0.4 is 53.6 Å². The lowest BCUT2D eigenvalue weighted by atomic mass is 9.93. The zero-order valence-electron chi connectivity index (χ0n) is 52.7. The second-order valence-electron chi connectivity index (χ2n) is 24.7. The van der Waals surface area contributed by atoms with Gasteiger partial charge in [0.1, 0.15) is 65.0 Å². The largest absolute Gasteiger partial charge is 0.480 e. The molecule has 84 heavy (non-hydrogen) atoms. The first-order valence-corrected chi connectivity index (χ1v) is 29.8. The van der Waals surface area contributed by atoms with Gasteiger partial charge in [-0.25, -0.2) is 4.79 Å². The zero-order chi connectivity index (χ0) is 64.5. The van der Waals surface area contributed by atoms with Gasteiger partial charge in [-0.2, -0.15) is 0 Å². The summed E-state index contributed by atoms with van der Waals surface area (Å²) in [6, 6.07) is -9.72. The molecule has 26 heteroatoms. The van der Waals surface area contributed by atoms with Crippen molar-refractivity contribution < 1.29 is 67.4 Å². The Bertz CT molecular complexity index is 2410. The number of carbonyl (C=O) groups excluding carboxylic acids is 12. The molecule has 0 aromatic heterocycles. The number of hydrogen-bond acceptors (Lipinski definition) is 13. The molecule has 0 aromatic carbocycles. The van der Waals surface area contributed by atoms with Crippen LogP contribution in [0.15, 0.2) is 0 Å². The summed E-state index contributed by atoms with van der Waals surface area (Å²) in [6.45, 7) is 27.7. The molecule has 0 bridgehead atoms. The zero-order valence-corrected chi connectivity index (χ0v) is 52.7. The smallest absolute Gasteiger partial charge is 0.326 e. The SMILES string of the molecule is CC[C@H](C)[C@H](NC(=O)[C@@H]1CCCN1C(=O)C(C)(C)NC(=O)[C@@H](NC(=O)[C@@H](NC(=O)[C@@H]1CCCN1C(=O)C(C)(C)NC(=O)[C@@H](NC(=O)[C@@H](NC(=O)[C@H](CC(N)=O)NC(=O)C(C)(C)NC(C)=O)[C@@H](C)CC)[C@@H](C)CC)[C@@H](C)CC)[C@@H](C)CC)C(=O)O. The fourth-order valence-electron chi connectivity index (χ4n) is 10.1. The van der Waals surface area contributed by atoms with Crippen molar-refractivity contribution in [2.24, 2.45) is 35.3 Å². The molecule has 0 unspecified atom stereocenters. The van der Waals surface area contributed by atoms with E-state index in [2.05, 4.69) is 47.9 Å². The fourth-order valence-corrected chi connectivity index (χ4v) is 10.1. The van der Waals surface area contributed by atoms with E-state index in [-0.39, 0.29) is 31.8 Å². The molecule has 0 saturated carbocycles. The van der Waals surface area contributed by atoms with Gasteiger partial charge in [0.2, 0.25) is 70.9 Å². The number of nitrogens with one attached hydrogen (secondary N) is 9. The van der Waals surface area contributed by atoms with Gasteiger partial charge in [-0.05, 0) is 96.8 Å². The van der Waals surface area contributed by atoms with E-state index < -0.39 is 172 Å². The second-order valence-corrected chi connectivity index (χ2v) is 24.7. The number of amides is 12. The van der Waals surface area contributed by atoms with Crippen LogP contribution in [0.4, 0.5) is 0 Å². The molecule has 0 radical (unpaired) electrons. The Labute approximate surface area is 495 Å². The third-order valence-corrected chi connectivity index (χ3v) is 16.6. The van der Waals surface area contributed by atoms with Gasteiger partial charge in [-0.15, -0.1) is 0 Å². The van der Waals surface area contributed by atoms with Crippen LogP contribution in [0.3, 0.4) is 0 Å². The monoisotopic (exact) mass is 1190 g/mol. The van der Waals surface area contributed by atoms with E-state index in [9.17, 15) is 67.4 Å². The lowest BCUT2D eigenvalue weighted by molar-refractivity contribution is -0.147. The summed E-state index contributed by atoms with van der Waals surface area (Å²) in [5, 5.41) is 33.8. The summed E-state index contributed by atoms with van der Waals surface area (Å²) >= 11 is 0. The predicted molar refractivity (Wildman–Crippen MR) is 312 cm³/mol. The van der Waals surface area contributed by atoms with Crippen LogP contribution in [0, 0.1) is 29.6 Å². The molecular formula is C58H100N12O14. The number of likely N-dealkylation sites (tertiary alicyclic amines) is 2. The number of primary amides is 1. The number of hydrogen-bond donors (Lipinski definition) is 11. The van der Waals surface area contributed by atoms with Gasteiger partial charge in [0.15, 0.2) is 0 Å². The van der Waals surface area contributed by atoms with E-state index >= 15 is 0 Å². The molecule has 2 aliphatic rings. The van der Waals surface area contributed by atoms with E-state index in [0.717, 1.165) is 0 Å². The number of nitrogens with zero attached hydrogens (tertiary/aromatic N) is 2. The van der Waals surface area contributed by atoms with E-state index in [1.807, 2.05) is 13.8 Å². The predicted octanol–water partition coefficient (Wildman–Crippen LogP) is 0.772. The molecule has 13 atom stereocenters. The molecule has 2 saturated heterocycles. The third-order valence-electron chi connectivity index (χ3n) is 16.6. The highest BCUT2D eigenvalue weighted by Gasteiger charge is 2.47. The second kappa shape index (κ2) is 31.8. The highest BCUT2D eigenvalue weighted by molar-refractivity contribution is 6.01. The minimum atomic E-state index is -1.68. The molecule has 0 aromatic rings. The Balaban J connectivity index is 2.34. The molecule has 2 heterocycles. The average molecular weight is 1190 g/mol. The van der Waals surface area contributed by atoms with Crippen LogP contribution in [0.5, 0.6) is 0 Å². The van der Waals surface area contributed by atoms with Crippen LogP contribution in [0.25, 0.3) is 0 Å². The summed E-state index contributed by atoms with van der Waals surface area (Å²) in [5.74, 6) is -12.2. The summed E-state index contributed by atoms with van der Waals surface area (Å²) in [4.78, 5) is 179. The molecule has 0 aliphatic carbocycles. The van der Waals surface area contributed by atoms with Gasteiger partial charge in [-0.3, -0.25) is 57.5 Å². The first-order chi connectivity index (χ1) is 38.9. The summed E-state index contributed by atoms with van der Waals surface area (Å²) in [6.07, 6.45) is 2.77. The molecule has 0 spiro atoms. The first kappa shape index (κ1) is 73.2. The van der Waals surface area contributed by atoms with Gasteiger partial charge < -0.3 is 68.5 Å². The van der Waals surface area contributed by atoms with Crippen molar-refractivity contribution in [2.45, 2.75) is 247 Å². The van der Waals surface area contributed by atoms with Gasteiger partial charge in [-0.1, -0.05) is 101 Å². The minimum absolute atomic E-state index is 0.120. The molecule has 26 nitrogen and oxygen atoms in total. The number of aliphatic carboxylic acids is 1. The van der Waals surface area contributed by atoms with Gasteiger partial charge in [0.25, 0.3) is 0 Å². The Hall–Kier alpha value is -6.89. The van der Waals surface area contributed by atoms with E-state index in [0.29, 0.717) is 44.9 Å². The Morgan fingerprint density at radius 3 is 1.12 bits per heavy atom. The molecule has 12 N–H and O–H groups in total. The van der Waals surface area contributed by atoms with Crippen LogP contribution >= 0.6 is 0 Å². The van der Waals surface area contributed by atoms with Crippen LogP contribution in [0.2, 0.25) is 0 Å². The maximum atomic E-state index is 14.5. The van der Waals surface area contributed by atoms with E-state index in [1.165, 1.54) is 58.3 Å². The maximum absolute atomic E-state index is 14.5. The summed E-state index contributed by atoms with van der Waals surface area (Å²) in [7, 11) is 0. The number of carboxylic acids is 1. The Morgan fingerprint density at radius 2 is 0.786 bits per heavy atom. The van der Waals surface area contributed by atoms with Crippen molar-refractivity contribution >= 4 is 76.9 Å². The molecule has 2 rings (SSSR count). The standard InChI is InChI=1S/C58H100N12O14/c1-18-30(6)40(61-45(73)36(29-39(59)72)60-53(82)56(12,13)66-35(11)71)48(76)63-42(32(8)20-3)50(78)67-57(14,15)54(83)69-27-23-25-37(69)46(74)62-41(31(7)19-2)49(77)64-43(33(9)21-4)51(79)68-58(16,17)55(84)70-28-24-26-38(70)47(75)65-44(52(80)81)34(10)22-5/h30-34,36-38,40-44H,18-29H2,1-17H3,(H2,59,72)(H,60,82)(H,61,73)(H,62,74)(H,63,76)(H,64,77)(H,65,75)(H,66,71)(H,67,78)(H,68,79)(H,80,81)/t30-,31-,32-,33-,34-,36-,37-,38-,40-,41-,42-,43-,44-/m0/s1. The molecule has 2 fully saturated rings. The minimum Gasteiger partial charge on any atom is -0.480 e. The van der Waals surface area contributed by atoms with Gasteiger partial charge in [0, 0.05) is 20.0 Å². The van der Waals surface area contributed by atoms with Crippen molar-refractivity contribution in [2.75, 3.05) is 13.1 Å². The summed E-state index contributed by atoms with van der Waals surface area (Å²) < 4.78 is 0. The van der Waals surface area contributed by atoms with E-state index in [4.69, 9.17) is 5.73 Å². The quantitative estimate of drug-likeness (QED) is 0.0444. The Kier molecular flexibility index (Phi) is 27.8. The first-order valence-electron chi connectivity index (χ1n) is 29.8. The van der Waals surface area contributed by atoms with Crippen LogP contribution in [-0.4, -0.2) is 170 Å². The highest BCUT2D eigenvalue weighted by Crippen LogP contribution is 2.26. The summed E-state index contributed by atoms with van der Waals surface area (Å²) in [5.41, 5.74) is 0.668. The van der Waals surface area contributed by atoms with Crippen molar-refractivity contribution in [3.05, 3.63) is 0 Å². The number of carboxylic acid groups (broad SMARTS) is 1. The fraction of sp³-hybridized carbons (Fsp3) is 0.776. The Morgan fingerprint density at radius 1 is 0.464 bits per heavy atom. The third kappa shape index (κ3) is 19.9. The highest BCUT2D eigenvalue weighted by atomic mass is 16.4. The molecule has 2 aliphatic heterocycles. The van der Waals surface area contributed by atoms with Crippen molar-refractivity contribution in [1.82, 2.24) is 57.7 Å². The normalized spacial score (nSPS) is 19.4. The number of carbonyl (C=O) groups is 13. The molecule has 12 amide bonds. The lowest BCUT2D eigenvalue weighted by Gasteiger charge is -2.36. The molecule has 476 valence electrons. The van der Waals surface area contributed by atoms with Gasteiger partial charge in [0.05, 0.1) is 6.42 Å². The van der Waals surface area contributed by atoms with E-state index in [1.54, 1.807) is 55.4 Å².